The number of unbranched alkanes of at least 4 members (excludes halogenated alkanes) is 1. The Morgan fingerprint density at radius 1 is 0.935 bits per heavy atom. The highest BCUT2D eigenvalue weighted by Gasteiger charge is 2.18. The first-order chi connectivity index (χ1) is 15.2. The molecule has 7 nitrogen and oxygen atoms in total. The molecule has 1 saturated heterocycles. The predicted octanol–water partition coefficient (Wildman–Crippen LogP) is 2.86. The van der Waals surface area contributed by atoms with E-state index in [1.54, 1.807) is 0 Å². The summed E-state index contributed by atoms with van der Waals surface area (Å²) >= 11 is 1.39. The second kappa shape index (κ2) is 8.64. The number of anilines is 1. The van der Waals surface area contributed by atoms with Gasteiger partial charge in [0.15, 0.2) is 0 Å². The number of thiophene rings is 1. The van der Waals surface area contributed by atoms with Crippen molar-refractivity contribution in [2.24, 2.45) is 0 Å². The van der Waals surface area contributed by atoms with Gasteiger partial charge in [0.1, 0.15) is 16.3 Å². The second-order valence-electron chi connectivity index (χ2n) is 7.99. The van der Waals surface area contributed by atoms with Crippen LogP contribution in [0.15, 0.2) is 52.6 Å². The summed E-state index contributed by atoms with van der Waals surface area (Å²) in [5.74, 6) is 7.70. The lowest BCUT2D eigenvalue weighted by molar-refractivity contribution is 0.252. The summed E-state index contributed by atoms with van der Waals surface area (Å²) in [6.07, 6.45) is 2.75. The minimum Gasteiger partial charge on any atom is -0.354 e. The number of para-hydroxylation sites is 1. The van der Waals surface area contributed by atoms with Gasteiger partial charge in [-0.15, -0.1) is 11.3 Å². The van der Waals surface area contributed by atoms with Crippen molar-refractivity contribution in [3.63, 3.8) is 0 Å². The molecule has 0 amide bonds. The van der Waals surface area contributed by atoms with Gasteiger partial charge < -0.3 is 10.7 Å². The summed E-state index contributed by atoms with van der Waals surface area (Å²) in [6, 6.07) is 14.4. The van der Waals surface area contributed by atoms with Crippen molar-refractivity contribution in [3.8, 4) is 0 Å². The summed E-state index contributed by atoms with van der Waals surface area (Å²) < 4.78 is 1.85. The third-order valence-electron chi connectivity index (χ3n) is 5.99. The third kappa shape index (κ3) is 4.13. The highest BCUT2D eigenvalue weighted by molar-refractivity contribution is 7.17. The van der Waals surface area contributed by atoms with Gasteiger partial charge in [-0.1, -0.05) is 18.2 Å². The number of piperazine rings is 1. The zero-order chi connectivity index (χ0) is 21.2. The van der Waals surface area contributed by atoms with Crippen molar-refractivity contribution in [1.29, 1.82) is 0 Å². The van der Waals surface area contributed by atoms with Crippen molar-refractivity contribution >= 4 is 38.3 Å². The van der Waals surface area contributed by atoms with Crippen molar-refractivity contribution < 1.29 is 0 Å². The van der Waals surface area contributed by atoms with Crippen LogP contribution in [0.5, 0.6) is 0 Å². The fourth-order valence-corrected chi connectivity index (χ4v) is 4.96. The van der Waals surface area contributed by atoms with Crippen LogP contribution in [-0.4, -0.2) is 52.3 Å². The van der Waals surface area contributed by atoms with Crippen molar-refractivity contribution in [2.75, 3.05) is 43.5 Å². The van der Waals surface area contributed by atoms with E-state index in [-0.39, 0.29) is 5.56 Å². The van der Waals surface area contributed by atoms with Crippen LogP contribution in [0.1, 0.15) is 18.7 Å². The number of hydrogen-bond donors (Lipinski definition) is 1. The van der Waals surface area contributed by atoms with Crippen LogP contribution in [0.25, 0.3) is 21.1 Å². The minimum atomic E-state index is -0.145. The second-order valence-corrected chi connectivity index (χ2v) is 8.90. The molecule has 160 valence electrons. The first-order valence-electron chi connectivity index (χ1n) is 10.8. The number of aryl methyl sites for hydroxylation is 1. The minimum absolute atomic E-state index is 0.145. The molecule has 31 heavy (non-hydrogen) atoms. The molecule has 0 bridgehead atoms. The lowest BCUT2D eigenvalue weighted by Gasteiger charge is -2.35. The molecule has 1 fully saturated rings. The highest BCUT2D eigenvalue weighted by atomic mass is 32.1. The number of fused-ring (bicyclic) bond motifs is 2. The Bertz CT molecular complexity index is 1260. The molecule has 0 unspecified atom stereocenters. The van der Waals surface area contributed by atoms with Crippen molar-refractivity contribution in [1.82, 2.24) is 19.5 Å². The number of nitrogens with zero attached hydrogens (tertiary/aromatic N) is 5. The van der Waals surface area contributed by atoms with E-state index in [9.17, 15) is 4.79 Å². The fraction of sp³-hybridized carbons (Fsp3) is 0.348. The van der Waals surface area contributed by atoms with Gasteiger partial charge in [0.05, 0.1) is 11.0 Å². The average molecular weight is 435 g/mol. The molecule has 1 aromatic carbocycles. The van der Waals surface area contributed by atoms with Gasteiger partial charge in [-0.25, -0.2) is 14.6 Å². The van der Waals surface area contributed by atoms with Gasteiger partial charge in [-0.2, -0.15) is 0 Å². The summed E-state index contributed by atoms with van der Waals surface area (Å²) in [5.41, 5.74) is 1.66. The maximum absolute atomic E-state index is 12.3. The number of nitrogens with two attached hydrogens (primary N) is 1. The third-order valence-corrected chi connectivity index (χ3v) is 6.88. The van der Waals surface area contributed by atoms with E-state index in [2.05, 4.69) is 39.0 Å². The SMILES string of the molecule is Nn1c(CCCCN2CCN(c3ccc4ccccc4n3)CC2)nc2ccsc2c1=O. The summed E-state index contributed by atoms with van der Waals surface area (Å²) in [7, 11) is 0. The van der Waals surface area contributed by atoms with Gasteiger partial charge >= 0.3 is 0 Å². The Labute approximate surface area is 184 Å². The molecule has 1 aliphatic rings. The molecule has 0 aliphatic carbocycles. The van der Waals surface area contributed by atoms with Gasteiger partial charge in [0, 0.05) is 38.0 Å². The topological polar surface area (TPSA) is 80.3 Å². The summed E-state index contributed by atoms with van der Waals surface area (Å²) in [6.45, 7) is 5.10. The van der Waals surface area contributed by atoms with Crippen LogP contribution < -0.4 is 16.3 Å². The normalized spacial score (nSPS) is 15.2. The molecule has 0 radical (unpaired) electrons. The first kappa shape index (κ1) is 20.0. The molecule has 8 heteroatoms. The Morgan fingerprint density at radius 3 is 2.65 bits per heavy atom. The predicted molar refractivity (Wildman–Crippen MR) is 127 cm³/mol. The number of aromatic nitrogens is 3. The molecule has 1 aliphatic heterocycles. The average Bonchev–Trinajstić information content (AvgIpc) is 3.28. The molecule has 0 saturated carbocycles. The van der Waals surface area contributed by atoms with Crippen LogP contribution in [0.3, 0.4) is 0 Å². The summed E-state index contributed by atoms with van der Waals surface area (Å²) in [4.78, 5) is 26.6. The molecular weight excluding hydrogens is 408 g/mol. The van der Waals surface area contributed by atoms with Crippen molar-refractivity contribution in [2.45, 2.75) is 19.3 Å². The van der Waals surface area contributed by atoms with E-state index in [0.717, 1.165) is 68.8 Å². The van der Waals surface area contributed by atoms with Crippen LogP contribution in [0.4, 0.5) is 5.82 Å². The van der Waals surface area contributed by atoms with Gasteiger partial charge in [0.25, 0.3) is 5.56 Å². The molecule has 0 atom stereocenters. The Balaban J connectivity index is 1.11. The number of benzene rings is 1. The maximum atomic E-state index is 12.3. The number of nitrogen functional groups attached to an aromatic ring is 1. The summed E-state index contributed by atoms with van der Waals surface area (Å²) in [5, 5.41) is 3.07. The lowest BCUT2D eigenvalue weighted by Crippen LogP contribution is -2.46. The molecule has 4 aromatic rings. The van der Waals surface area contributed by atoms with E-state index < -0.39 is 0 Å². The first-order valence-corrected chi connectivity index (χ1v) is 11.6. The van der Waals surface area contributed by atoms with Crippen molar-refractivity contribution in [3.05, 3.63) is 64.0 Å². The standard InChI is InChI=1S/C23H26N6OS/c24-29-21(26-19-10-16-31-22(19)23(29)30)7-3-4-11-27-12-14-28(15-13-27)20-9-8-17-5-1-2-6-18(17)25-20/h1-2,5-6,8-10,16H,3-4,7,11-15,24H2. The van der Waals surface area contributed by atoms with Crippen LogP contribution in [0, 0.1) is 0 Å². The Hall–Kier alpha value is -2.97. The molecule has 5 rings (SSSR count). The van der Waals surface area contributed by atoms with Crippen LogP contribution in [0.2, 0.25) is 0 Å². The lowest BCUT2D eigenvalue weighted by atomic mass is 10.2. The molecule has 0 spiro atoms. The van der Waals surface area contributed by atoms with Gasteiger partial charge in [0.2, 0.25) is 0 Å². The Kier molecular flexibility index (Phi) is 5.57. The highest BCUT2D eigenvalue weighted by Crippen LogP contribution is 2.19. The molecule has 2 N–H and O–H groups in total. The van der Waals surface area contributed by atoms with Crippen LogP contribution >= 0.6 is 11.3 Å². The molecular formula is C23H26N6OS. The van der Waals surface area contributed by atoms with Crippen LogP contribution in [-0.2, 0) is 6.42 Å². The monoisotopic (exact) mass is 434 g/mol. The zero-order valence-corrected chi connectivity index (χ0v) is 18.2. The van der Waals surface area contributed by atoms with Gasteiger partial charge in [-0.3, -0.25) is 9.69 Å². The zero-order valence-electron chi connectivity index (χ0n) is 17.4. The van der Waals surface area contributed by atoms with E-state index in [0.29, 0.717) is 10.5 Å². The largest absolute Gasteiger partial charge is 0.354 e. The smallest absolute Gasteiger partial charge is 0.289 e. The van der Waals surface area contributed by atoms with E-state index in [1.165, 1.54) is 21.4 Å². The number of pyridine rings is 1. The number of rotatable bonds is 6. The van der Waals surface area contributed by atoms with E-state index >= 15 is 0 Å². The quantitative estimate of drug-likeness (QED) is 0.371. The van der Waals surface area contributed by atoms with Gasteiger partial charge in [-0.05, 0) is 49.0 Å². The fourth-order valence-electron chi connectivity index (χ4n) is 4.20. The maximum Gasteiger partial charge on any atom is 0.289 e. The molecule has 4 heterocycles. The number of hydrogen-bond acceptors (Lipinski definition) is 7. The van der Waals surface area contributed by atoms with E-state index in [1.807, 2.05) is 23.6 Å². The molecule has 3 aromatic heterocycles. The Morgan fingerprint density at radius 2 is 1.77 bits per heavy atom. The van der Waals surface area contributed by atoms with E-state index in [4.69, 9.17) is 10.8 Å².